The van der Waals surface area contributed by atoms with Crippen LogP contribution in [0, 0.1) is 5.92 Å². The lowest BCUT2D eigenvalue weighted by Gasteiger charge is -2.35. The van der Waals surface area contributed by atoms with E-state index >= 15 is 0 Å². The molecule has 0 radical (unpaired) electrons. The standard InChI is InChI=1S/C22H27ClN2O2/c1-2-27-16-18-6-4-12-25(15-18)22(26)21(13-17-5-3-11-24-14-17)19-7-9-20(23)10-8-19/h3,5,7-11,14,18,21H,2,4,6,12-13,15-16H2,1H3. The summed E-state index contributed by atoms with van der Waals surface area (Å²) in [5.74, 6) is 0.381. The number of hydrogen-bond donors (Lipinski definition) is 0. The zero-order valence-corrected chi connectivity index (χ0v) is 16.6. The van der Waals surface area contributed by atoms with E-state index in [1.165, 1.54) is 0 Å². The van der Waals surface area contributed by atoms with E-state index in [-0.39, 0.29) is 11.8 Å². The third-order valence-corrected chi connectivity index (χ3v) is 5.37. The van der Waals surface area contributed by atoms with Crippen molar-refractivity contribution in [1.82, 2.24) is 9.88 Å². The number of benzene rings is 1. The number of piperidine rings is 1. The summed E-state index contributed by atoms with van der Waals surface area (Å²) in [4.78, 5) is 19.7. The third-order valence-electron chi connectivity index (χ3n) is 5.12. The molecule has 0 N–H and O–H groups in total. The average Bonchev–Trinajstić information content (AvgIpc) is 2.72. The molecule has 2 heterocycles. The van der Waals surface area contributed by atoms with Gasteiger partial charge in [0.15, 0.2) is 0 Å². The van der Waals surface area contributed by atoms with Crippen molar-refractivity contribution in [2.24, 2.45) is 5.92 Å². The van der Waals surface area contributed by atoms with Crippen molar-refractivity contribution in [2.75, 3.05) is 26.3 Å². The average molecular weight is 387 g/mol. The number of ether oxygens (including phenoxy) is 1. The van der Waals surface area contributed by atoms with Gasteiger partial charge in [-0.05, 0) is 61.4 Å². The Balaban J connectivity index is 1.78. The first-order chi connectivity index (χ1) is 13.2. The molecule has 5 heteroatoms. The van der Waals surface area contributed by atoms with Crippen LogP contribution in [0.1, 0.15) is 36.8 Å². The predicted molar refractivity (Wildman–Crippen MR) is 108 cm³/mol. The van der Waals surface area contributed by atoms with Crippen molar-refractivity contribution < 1.29 is 9.53 Å². The zero-order chi connectivity index (χ0) is 19.1. The monoisotopic (exact) mass is 386 g/mol. The first-order valence-corrected chi connectivity index (χ1v) is 10.1. The number of pyridine rings is 1. The first-order valence-electron chi connectivity index (χ1n) is 9.68. The molecule has 1 amide bonds. The number of rotatable bonds is 7. The van der Waals surface area contributed by atoms with Gasteiger partial charge in [-0.3, -0.25) is 9.78 Å². The van der Waals surface area contributed by atoms with Gasteiger partial charge < -0.3 is 9.64 Å². The van der Waals surface area contributed by atoms with E-state index in [0.717, 1.165) is 50.3 Å². The Hall–Kier alpha value is -1.91. The van der Waals surface area contributed by atoms with Gasteiger partial charge >= 0.3 is 0 Å². The highest BCUT2D eigenvalue weighted by Gasteiger charge is 2.30. The maximum absolute atomic E-state index is 13.4. The number of halogens is 1. The Morgan fingerprint density at radius 2 is 2.15 bits per heavy atom. The van der Waals surface area contributed by atoms with Crippen molar-refractivity contribution in [1.29, 1.82) is 0 Å². The summed E-state index contributed by atoms with van der Waals surface area (Å²) in [6.45, 7) is 5.05. The molecule has 3 rings (SSSR count). The lowest BCUT2D eigenvalue weighted by molar-refractivity contribution is -0.135. The van der Waals surface area contributed by atoms with Crippen LogP contribution < -0.4 is 0 Å². The van der Waals surface area contributed by atoms with E-state index in [2.05, 4.69) is 4.98 Å². The van der Waals surface area contributed by atoms with Crippen molar-refractivity contribution >= 4 is 17.5 Å². The summed E-state index contributed by atoms with van der Waals surface area (Å²) in [7, 11) is 0. The van der Waals surface area contributed by atoms with Crippen LogP contribution in [0.15, 0.2) is 48.8 Å². The molecule has 144 valence electrons. The second kappa shape index (κ2) is 9.86. The summed E-state index contributed by atoms with van der Waals surface area (Å²) < 4.78 is 5.59. The molecule has 1 aromatic carbocycles. The number of carbonyl (C=O) groups excluding carboxylic acids is 1. The Morgan fingerprint density at radius 3 is 2.85 bits per heavy atom. The molecule has 0 spiro atoms. The summed E-state index contributed by atoms with van der Waals surface area (Å²) in [6.07, 6.45) is 6.39. The second-order valence-corrected chi connectivity index (χ2v) is 7.56. The molecule has 0 saturated carbocycles. The SMILES string of the molecule is CCOCC1CCCN(C(=O)C(Cc2cccnc2)c2ccc(Cl)cc2)C1. The lowest BCUT2D eigenvalue weighted by Crippen LogP contribution is -2.43. The van der Waals surface area contributed by atoms with Gasteiger partial charge in [0.25, 0.3) is 0 Å². The number of nitrogens with zero attached hydrogens (tertiary/aromatic N) is 2. The van der Waals surface area contributed by atoms with Gasteiger partial charge in [0.05, 0.1) is 12.5 Å². The third kappa shape index (κ3) is 5.53. The molecule has 2 unspecified atom stereocenters. The van der Waals surface area contributed by atoms with Crippen LogP contribution in [0.5, 0.6) is 0 Å². The molecule has 2 atom stereocenters. The Morgan fingerprint density at radius 1 is 1.33 bits per heavy atom. The molecule has 1 aromatic heterocycles. The fourth-order valence-corrected chi connectivity index (χ4v) is 3.83. The highest BCUT2D eigenvalue weighted by atomic mass is 35.5. The number of aromatic nitrogens is 1. The molecular weight excluding hydrogens is 360 g/mol. The molecule has 27 heavy (non-hydrogen) atoms. The lowest BCUT2D eigenvalue weighted by atomic mass is 9.89. The van der Waals surface area contributed by atoms with Gasteiger partial charge in [-0.1, -0.05) is 29.8 Å². The number of amides is 1. The minimum absolute atomic E-state index is 0.183. The van der Waals surface area contributed by atoms with Crippen LogP contribution in [0.3, 0.4) is 0 Å². The van der Waals surface area contributed by atoms with Gasteiger partial charge in [0, 0.05) is 37.1 Å². The molecule has 1 aliphatic rings. The van der Waals surface area contributed by atoms with Crippen LogP contribution >= 0.6 is 11.6 Å². The number of likely N-dealkylation sites (tertiary alicyclic amines) is 1. The Labute approximate surface area is 166 Å². The highest BCUT2D eigenvalue weighted by molar-refractivity contribution is 6.30. The van der Waals surface area contributed by atoms with E-state index in [4.69, 9.17) is 16.3 Å². The largest absolute Gasteiger partial charge is 0.381 e. The molecule has 1 fully saturated rings. The van der Waals surface area contributed by atoms with Gasteiger partial charge in [-0.15, -0.1) is 0 Å². The van der Waals surface area contributed by atoms with E-state index in [9.17, 15) is 4.79 Å². The minimum Gasteiger partial charge on any atom is -0.381 e. The maximum atomic E-state index is 13.4. The van der Waals surface area contributed by atoms with Crippen LogP contribution in [-0.2, 0) is 16.0 Å². The Bertz CT molecular complexity index is 721. The normalized spacial score (nSPS) is 18.3. The second-order valence-electron chi connectivity index (χ2n) is 7.12. The zero-order valence-electron chi connectivity index (χ0n) is 15.8. The van der Waals surface area contributed by atoms with E-state index < -0.39 is 0 Å². The summed E-state index contributed by atoms with van der Waals surface area (Å²) >= 11 is 6.05. The van der Waals surface area contributed by atoms with Crippen molar-refractivity contribution in [3.8, 4) is 0 Å². The van der Waals surface area contributed by atoms with E-state index in [1.807, 2.05) is 54.4 Å². The molecule has 0 aliphatic carbocycles. The van der Waals surface area contributed by atoms with Gasteiger partial charge in [0.1, 0.15) is 0 Å². The topological polar surface area (TPSA) is 42.4 Å². The first kappa shape index (κ1) is 19.8. The summed E-state index contributed by atoms with van der Waals surface area (Å²) in [5.41, 5.74) is 2.06. The Kier molecular flexibility index (Phi) is 7.25. The van der Waals surface area contributed by atoms with Gasteiger partial charge in [-0.25, -0.2) is 0 Å². The van der Waals surface area contributed by atoms with Crippen molar-refractivity contribution in [2.45, 2.75) is 32.1 Å². The van der Waals surface area contributed by atoms with Crippen molar-refractivity contribution in [3.05, 3.63) is 64.9 Å². The molecule has 0 bridgehead atoms. The highest BCUT2D eigenvalue weighted by Crippen LogP contribution is 2.27. The van der Waals surface area contributed by atoms with Crippen LogP contribution in [-0.4, -0.2) is 42.1 Å². The van der Waals surface area contributed by atoms with E-state index in [0.29, 0.717) is 17.4 Å². The summed E-state index contributed by atoms with van der Waals surface area (Å²) in [6, 6.07) is 11.6. The van der Waals surface area contributed by atoms with E-state index in [1.54, 1.807) is 6.20 Å². The number of carbonyl (C=O) groups is 1. The minimum atomic E-state index is -0.225. The molecule has 2 aromatic rings. The summed E-state index contributed by atoms with van der Waals surface area (Å²) in [5, 5.41) is 0.682. The quantitative estimate of drug-likeness (QED) is 0.711. The van der Waals surface area contributed by atoms with Crippen LogP contribution in [0.2, 0.25) is 5.02 Å². The maximum Gasteiger partial charge on any atom is 0.230 e. The number of hydrogen-bond acceptors (Lipinski definition) is 3. The fraction of sp³-hybridized carbons (Fsp3) is 0.455. The molecule has 1 aliphatic heterocycles. The van der Waals surface area contributed by atoms with Gasteiger partial charge in [0.2, 0.25) is 5.91 Å². The van der Waals surface area contributed by atoms with Crippen LogP contribution in [0.4, 0.5) is 0 Å². The van der Waals surface area contributed by atoms with Crippen LogP contribution in [0.25, 0.3) is 0 Å². The molecule has 4 nitrogen and oxygen atoms in total. The predicted octanol–water partition coefficient (Wildman–Crippen LogP) is 4.34. The molecule has 1 saturated heterocycles. The molecular formula is C22H27ClN2O2. The van der Waals surface area contributed by atoms with Crippen molar-refractivity contribution in [3.63, 3.8) is 0 Å². The van der Waals surface area contributed by atoms with Gasteiger partial charge in [-0.2, -0.15) is 0 Å². The fourth-order valence-electron chi connectivity index (χ4n) is 3.70. The smallest absolute Gasteiger partial charge is 0.230 e.